The first kappa shape index (κ1) is 11.0. The first-order valence-corrected chi connectivity index (χ1v) is 4.61. The van der Waals surface area contributed by atoms with Crippen LogP contribution in [0.5, 0.6) is 0 Å². The lowest BCUT2D eigenvalue weighted by atomic mass is 10.1. The lowest BCUT2D eigenvalue weighted by Gasteiger charge is -2.02. The number of aryl methyl sites for hydroxylation is 1. The van der Waals surface area contributed by atoms with E-state index < -0.39 is 10.9 Å². The minimum absolute atomic E-state index is 0.115. The van der Waals surface area contributed by atoms with Gasteiger partial charge in [0.2, 0.25) is 0 Å². The maximum atomic E-state index is 11.4. The Bertz CT molecular complexity index is 619. The van der Waals surface area contributed by atoms with E-state index in [0.29, 0.717) is 5.52 Å². The Morgan fingerprint density at radius 2 is 2.24 bits per heavy atom. The summed E-state index contributed by atoms with van der Waals surface area (Å²) >= 11 is 0. The summed E-state index contributed by atoms with van der Waals surface area (Å²) in [6, 6.07) is 2.79. The number of esters is 1. The molecule has 0 N–H and O–H groups in total. The van der Waals surface area contributed by atoms with E-state index in [1.54, 1.807) is 0 Å². The molecule has 0 amide bonds. The van der Waals surface area contributed by atoms with Gasteiger partial charge in [0.25, 0.3) is 0 Å². The topological polar surface area (TPSA) is 100 Å². The maximum absolute atomic E-state index is 11.4. The highest BCUT2D eigenvalue weighted by Crippen LogP contribution is 2.28. The van der Waals surface area contributed by atoms with Gasteiger partial charge >= 0.3 is 11.7 Å². The van der Waals surface area contributed by atoms with E-state index in [9.17, 15) is 14.9 Å². The number of methoxy groups -OCH3 is 1. The van der Waals surface area contributed by atoms with E-state index in [1.165, 1.54) is 23.9 Å². The third-order valence-electron chi connectivity index (χ3n) is 2.33. The number of rotatable bonds is 2. The minimum Gasteiger partial charge on any atom is -0.465 e. The Morgan fingerprint density at radius 3 is 2.82 bits per heavy atom. The van der Waals surface area contributed by atoms with Crippen molar-refractivity contribution in [1.29, 1.82) is 0 Å². The fourth-order valence-corrected chi connectivity index (χ4v) is 1.59. The normalized spacial score (nSPS) is 10.5. The van der Waals surface area contributed by atoms with E-state index in [2.05, 4.69) is 15.0 Å². The summed E-state index contributed by atoms with van der Waals surface area (Å²) in [5, 5.41) is 18.5. The first-order chi connectivity index (χ1) is 8.06. The van der Waals surface area contributed by atoms with Crippen LogP contribution < -0.4 is 0 Å². The van der Waals surface area contributed by atoms with Crippen LogP contribution in [0.15, 0.2) is 12.1 Å². The highest BCUT2D eigenvalue weighted by Gasteiger charge is 2.27. The highest BCUT2D eigenvalue weighted by molar-refractivity contribution is 6.01. The molecule has 88 valence electrons. The second-order valence-corrected chi connectivity index (χ2v) is 3.29. The van der Waals surface area contributed by atoms with Gasteiger partial charge in [-0.1, -0.05) is 5.21 Å². The smallest absolute Gasteiger partial charge is 0.344 e. The molecule has 0 bridgehead atoms. The van der Waals surface area contributed by atoms with Crippen molar-refractivity contribution in [2.75, 3.05) is 7.11 Å². The number of benzene rings is 1. The first-order valence-electron chi connectivity index (χ1n) is 4.61. The van der Waals surface area contributed by atoms with Crippen LogP contribution in [0.25, 0.3) is 11.0 Å². The molecular formula is C9H8N4O4. The zero-order chi connectivity index (χ0) is 12.6. The van der Waals surface area contributed by atoms with Crippen LogP contribution in [0, 0.1) is 10.1 Å². The number of fused-ring (bicyclic) bond motifs is 1. The fourth-order valence-electron chi connectivity index (χ4n) is 1.59. The summed E-state index contributed by atoms with van der Waals surface area (Å²) in [5.41, 5.74) is 0.0852. The van der Waals surface area contributed by atoms with E-state index in [1.807, 2.05) is 0 Å². The Hall–Kier alpha value is -2.51. The second-order valence-electron chi connectivity index (χ2n) is 3.29. The Morgan fingerprint density at radius 1 is 1.53 bits per heavy atom. The number of nitrogens with zero attached hydrogens (tertiary/aromatic N) is 4. The number of carbonyl (C=O) groups excluding carboxylic acids is 1. The second kappa shape index (κ2) is 3.81. The van der Waals surface area contributed by atoms with Crippen LogP contribution in [-0.4, -0.2) is 33.0 Å². The molecule has 17 heavy (non-hydrogen) atoms. The summed E-state index contributed by atoms with van der Waals surface area (Å²) in [6.45, 7) is 0. The standard InChI is InChI=1S/C9H8N4O4/c1-12-8-6(10-11-12)4-3-5(9(14)17-2)7(8)13(15)16/h3-4H,1-2H3. The number of carbonyl (C=O) groups is 1. The van der Waals surface area contributed by atoms with Gasteiger partial charge in [-0.25, -0.2) is 9.48 Å². The van der Waals surface area contributed by atoms with Crippen molar-refractivity contribution in [3.05, 3.63) is 27.8 Å². The van der Waals surface area contributed by atoms with Crippen molar-refractivity contribution in [1.82, 2.24) is 15.0 Å². The van der Waals surface area contributed by atoms with Crippen molar-refractivity contribution >= 4 is 22.7 Å². The quantitative estimate of drug-likeness (QED) is 0.431. The van der Waals surface area contributed by atoms with E-state index >= 15 is 0 Å². The largest absolute Gasteiger partial charge is 0.465 e. The van der Waals surface area contributed by atoms with Crippen LogP contribution in [-0.2, 0) is 11.8 Å². The Labute approximate surface area is 94.9 Å². The van der Waals surface area contributed by atoms with Crippen molar-refractivity contribution in [2.45, 2.75) is 0 Å². The molecule has 1 aromatic heterocycles. The number of aromatic nitrogens is 3. The van der Waals surface area contributed by atoms with Gasteiger partial charge in [-0.2, -0.15) is 0 Å². The predicted molar refractivity (Wildman–Crippen MR) is 56.5 cm³/mol. The SMILES string of the molecule is COC(=O)c1ccc2nnn(C)c2c1[N+](=O)[O-]. The average molecular weight is 236 g/mol. The summed E-state index contributed by atoms with van der Waals surface area (Å²) in [6.07, 6.45) is 0. The number of ether oxygens (including phenoxy) is 1. The molecule has 0 aliphatic heterocycles. The summed E-state index contributed by atoms with van der Waals surface area (Å²) in [5.74, 6) is -0.764. The molecule has 0 saturated carbocycles. The van der Waals surface area contributed by atoms with Crippen LogP contribution >= 0.6 is 0 Å². The molecule has 0 atom stereocenters. The van der Waals surface area contributed by atoms with Gasteiger partial charge < -0.3 is 4.74 Å². The molecule has 2 aromatic rings. The van der Waals surface area contributed by atoms with Crippen LogP contribution in [0.3, 0.4) is 0 Å². The number of hydrogen-bond donors (Lipinski definition) is 0. The summed E-state index contributed by atoms with van der Waals surface area (Å²) in [7, 11) is 2.68. The van der Waals surface area contributed by atoms with Gasteiger partial charge in [-0.3, -0.25) is 10.1 Å². The molecule has 0 aliphatic rings. The molecule has 0 aliphatic carbocycles. The lowest BCUT2D eigenvalue weighted by molar-refractivity contribution is -0.383. The Kier molecular flexibility index (Phi) is 2.47. The summed E-state index contributed by atoms with van der Waals surface area (Å²) in [4.78, 5) is 21.8. The number of nitro benzene ring substituents is 1. The van der Waals surface area contributed by atoms with Crippen molar-refractivity contribution in [3.63, 3.8) is 0 Å². The molecule has 0 fully saturated rings. The number of hydrogen-bond acceptors (Lipinski definition) is 6. The third-order valence-corrected chi connectivity index (χ3v) is 2.33. The van der Waals surface area contributed by atoms with Gasteiger partial charge in [0.1, 0.15) is 11.1 Å². The highest BCUT2D eigenvalue weighted by atomic mass is 16.6. The molecule has 8 heteroatoms. The van der Waals surface area contributed by atoms with Crippen molar-refractivity contribution < 1.29 is 14.5 Å². The minimum atomic E-state index is -0.764. The molecule has 8 nitrogen and oxygen atoms in total. The molecule has 2 rings (SSSR count). The molecular weight excluding hydrogens is 228 g/mol. The van der Waals surface area contributed by atoms with Crippen LogP contribution in [0.4, 0.5) is 5.69 Å². The van der Waals surface area contributed by atoms with E-state index in [-0.39, 0.29) is 16.8 Å². The molecule has 1 heterocycles. The predicted octanol–water partition coefficient (Wildman–Crippen LogP) is 0.663. The zero-order valence-corrected chi connectivity index (χ0v) is 9.08. The molecule has 1 aromatic carbocycles. The van der Waals surface area contributed by atoms with Gasteiger partial charge in [0, 0.05) is 7.05 Å². The molecule has 0 unspecified atom stereocenters. The Balaban J connectivity index is 2.85. The van der Waals surface area contributed by atoms with Gasteiger partial charge in [0.15, 0.2) is 5.52 Å². The summed E-state index contributed by atoms with van der Waals surface area (Å²) < 4.78 is 5.75. The van der Waals surface area contributed by atoms with Gasteiger partial charge in [0.05, 0.1) is 12.0 Å². The van der Waals surface area contributed by atoms with Crippen molar-refractivity contribution in [3.8, 4) is 0 Å². The van der Waals surface area contributed by atoms with Gasteiger partial charge in [-0.05, 0) is 12.1 Å². The maximum Gasteiger partial charge on any atom is 0.344 e. The third kappa shape index (κ3) is 1.59. The van der Waals surface area contributed by atoms with Gasteiger partial charge in [-0.15, -0.1) is 5.10 Å². The molecule has 0 saturated heterocycles. The van der Waals surface area contributed by atoms with Crippen LogP contribution in [0.1, 0.15) is 10.4 Å². The molecule has 0 radical (unpaired) electrons. The number of nitro groups is 1. The van der Waals surface area contributed by atoms with Crippen LogP contribution in [0.2, 0.25) is 0 Å². The molecule has 0 spiro atoms. The lowest BCUT2D eigenvalue weighted by Crippen LogP contribution is -2.07. The van der Waals surface area contributed by atoms with E-state index in [0.717, 1.165) is 7.11 Å². The van der Waals surface area contributed by atoms with E-state index in [4.69, 9.17) is 0 Å². The fraction of sp³-hybridized carbons (Fsp3) is 0.222. The average Bonchev–Trinajstić information content (AvgIpc) is 2.69. The monoisotopic (exact) mass is 236 g/mol. The van der Waals surface area contributed by atoms with Crippen molar-refractivity contribution in [2.24, 2.45) is 7.05 Å². The zero-order valence-electron chi connectivity index (χ0n) is 9.08.